The van der Waals surface area contributed by atoms with Crippen LogP contribution in [0.3, 0.4) is 0 Å². The zero-order valence-corrected chi connectivity index (χ0v) is 14.6. The molecule has 1 aromatic carbocycles. The van der Waals surface area contributed by atoms with Crippen LogP contribution in [-0.2, 0) is 4.79 Å². The minimum atomic E-state index is -0.422. The first kappa shape index (κ1) is 19.9. The third kappa shape index (κ3) is 5.68. The second-order valence-corrected chi connectivity index (χ2v) is 6.56. The monoisotopic (exact) mass is 312 g/mol. The molecule has 2 atom stereocenters. The quantitative estimate of drug-likeness (QED) is 0.870. The third-order valence-corrected chi connectivity index (χ3v) is 3.59. The lowest BCUT2D eigenvalue weighted by Gasteiger charge is -2.33. The Morgan fingerprint density at radius 2 is 1.86 bits per heavy atom. The van der Waals surface area contributed by atoms with E-state index in [4.69, 9.17) is 5.73 Å². The van der Waals surface area contributed by atoms with Gasteiger partial charge in [-0.3, -0.25) is 4.79 Å². The van der Waals surface area contributed by atoms with E-state index in [1.807, 2.05) is 19.1 Å². The average Bonchev–Trinajstić information content (AvgIpc) is 2.35. The Morgan fingerprint density at radius 3 is 2.33 bits per heavy atom. The first-order valence-electron chi connectivity index (χ1n) is 7.38. The number of nitrogens with one attached hydrogen (secondary N) is 1. The van der Waals surface area contributed by atoms with Crippen LogP contribution in [0, 0.1) is 12.3 Å². The molecular formula is C17H29ClN2O. The van der Waals surface area contributed by atoms with Crippen LogP contribution in [0.1, 0.15) is 57.7 Å². The van der Waals surface area contributed by atoms with Gasteiger partial charge in [0.15, 0.2) is 0 Å². The summed E-state index contributed by atoms with van der Waals surface area (Å²) in [6.07, 6.45) is 1.63. The van der Waals surface area contributed by atoms with E-state index >= 15 is 0 Å². The Balaban J connectivity index is 0.00000400. The van der Waals surface area contributed by atoms with Crippen molar-refractivity contribution in [3.63, 3.8) is 0 Å². The zero-order valence-electron chi connectivity index (χ0n) is 13.8. The lowest BCUT2D eigenvalue weighted by Crippen LogP contribution is -2.45. The van der Waals surface area contributed by atoms with E-state index < -0.39 is 6.04 Å². The summed E-state index contributed by atoms with van der Waals surface area (Å²) in [5, 5.41) is 3.13. The summed E-state index contributed by atoms with van der Waals surface area (Å²) < 4.78 is 0. The van der Waals surface area contributed by atoms with Crippen molar-refractivity contribution in [1.29, 1.82) is 0 Å². The van der Waals surface area contributed by atoms with Gasteiger partial charge in [-0.25, -0.2) is 0 Å². The van der Waals surface area contributed by atoms with E-state index in [2.05, 4.69) is 45.1 Å². The van der Waals surface area contributed by atoms with Gasteiger partial charge in [-0.05, 0) is 29.9 Å². The number of nitrogens with two attached hydrogens (primary N) is 1. The third-order valence-electron chi connectivity index (χ3n) is 3.59. The summed E-state index contributed by atoms with van der Waals surface area (Å²) >= 11 is 0. The topological polar surface area (TPSA) is 55.1 Å². The lowest BCUT2D eigenvalue weighted by molar-refractivity contribution is -0.124. The Bertz CT molecular complexity index is 454. The summed E-state index contributed by atoms with van der Waals surface area (Å²) in [6, 6.07) is 7.74. The number of carbonyl (C=O) groups excluding carboxylic acids is 1. The highest BCUT2D eigenvalue weighted by molar-refractivity contribution is 5.85. The summed E-state index contributed by atoms with van der Waals surface area (Å²) in [5.41, 5.74) is 8.22. The van der Waals surface area contributed by atoms with Crippen LogP contribution in [0.5, 0.6) is 0 Å². The Kier molecular flexibility index (Phi) is 7.98. The van der Waals surface area contributed by atoms with Crippen molar-refractivity contribution < 1.29 is 4.79 Å². The van der Waals surface area contributed by atoms with Gasteiger partial charge in [0.05, 0.1) is 12.1 Å². The van der Waals surface area contributed by atoms with Crippen molar-refractivity contribution >= 4 is 18.3 Å². The molecule has 3 N–H and O–H groups in total. The molecule has 0 aromatic heterocycles. The molecular weight excluding hydrogens is 284 g/mol. The molecule has 0 saturated heterocycles. The Morgan fingerprint density at radius 1 is 1.29 bits per heavy atom. The maximum absolute atomic E-state index is 12.2. The van der Waals surface area contributed by atoms with Crippen molar-refractivity contribution in [2.24, 2.45) is 11.1 Å². The van der Waals surface area contributed by atoms with Gasteiger partial charge in [0.1, 0.15) is 0 Å². The molecule has 1 rings (SSSR count). The molecule has 0 fully saturated rings. The normalized spacial score (nSPS) is 14.0. The van der Waals surface area contributed by atoms with Gasteiger partial charge in [0.25, 0.3) is 0 Å². The van der Waals surface area contributed by atoms with Crippen LogP contribution in [0.15, 0.2) is 24.3 Å². The fourth-order valence-electron chi connectivity index (χ4n) is 2.36. The number of amides is 1. The minimum Gasteiger partial charge on any atom is -0.347 e. The predicted octanol–water partition coefficient (Wildman–Crippen LogP) is 3.75. The van der Waals surface area contributed by atoms with Crippen LogP contribution in [-0.4, -0.2) is 11.9 Å². The van der Waals surface area contributed by atoms with Crippen LogP contribution in [0.25, 0.3) is 0 Å². The highest BCUT2D eigenvalue weighted by Crippen LogP contribution is 2.34. The number of rotatable bonds is 5. The lowest BCUT2D eigenvalue weighted by atomic mass is 9.80. The first-order valence-corrected chi connectivity index (χ1v) is 7.38. The molecule has 21 heavy (non-hydrogen) atoms. The molecule has 0 spiro atoms. The molecule has 0 bridgehead atoms. The van der Waals surface area contributed by atoms with E-state index in [0.717, 1.165) is 18.4 Å². The van der Waals surface area contributed by atoms with E-state index in [1.54, 1.807) is 0 Å². The van der Waals surface area contributed by atoms with Crippen molar-refractivity contribution in [3.05, 3.63) is 35.4 Å². The molecule has 0 saturated carbocycles. The number of aryl methyl sites for hydroxylation is 1. The average molecular weight is 313 g/mol. The second kappa shape index (κ2) is 8.40. The molecule has 0 aliphatic rings. The molecule has 0 aliphatic carbocycles. The highest BCUT2D eigenvalue weighted by atomic mass is 35.5. The maximum Gasteiger partial charge on any atom is 0.237 e. The van der Waals surface area contributed by atoms with Crippen LogP contribution in [0.4, 0.5) is 0 Å². The summed E-state index contributed by atoms with van der Waals surface area (Å²) in [4.78, 5) is 12.2. The molecule has 4 heteroatoms. The molecule has 1 aromatic rings. The molecule has 0 radical (unpaired) electrons. The van der Waals surface area contributed by atoms with E-state index in [0.29, 0.717) is 0 Å². The van der Waals surface area contributed by atoms with Crippen molar-refractivity contribution in [1.82, 2.24) is 5.32 Å². The van der Waals surface area contributed by atoms with Crippen molar-refractivity contribution in [2.45, 2.75) is 59.5 Å². The van der Waals surface area contributed by atoms with Gasteiger partial charge in [-0.15, -0.1) is 12.4 Å². The second-order valence-electron chi connectivity index (χ2n) is 6.56. The van der Waals surface area contributed by atoms with Crippen LogP contribution >= 0.6 is 12.4 Å². The van der Waals surface area contributed by atoms with E-state index in [-0.39, 0.29) is 29.8 Å². The molecule has 120 valence electrons. The number of benzene rings is 1. The van der Waals surface area contributed by atoms with Gasteiger partial charge in [-0.1, -0.05) is 58.4 Å². The van der Waals surface area contributed by atoms with Gasteiger partial charge < -0.3 is 11.1 Å². The predicted molar refractivity (Wildman–Crippen MR) is 91.6 cm³/mol. The zero-order chi connectivity index (χ0) is 15.3. The smallest absolute Gasteiger partial charge is 0.237 e. The van der Waals surface area contributed by atoms with Crippen LogP contribution < -0.4 is 11.1 Å². The van der Waals surface area contributed by atoms with E-state index in [1.165, 1.54) is 5.56 Å². The van der Waals surface area contributed by atoms with E-state index in [9.17, 15) is 4.79 Å². The summed E-state index contributed by atoms with van der Waals surface area (Å²) in [5.74, 6) is -0.0602. The molecule has 2 unspecified atom stereocenters. The summed E-state index contributed by atoms with van der Waals surface area (Å²) in [7, 11) is 0. The first-order chi connectivity index (χ1) is 9.27. The van der Waals surface area contributed by atoms with Gasteiger partial charge >= 0.3 is 0 Å². The van der Waals surface area contributed by atoms with Crippen molar-refractivity contribution in [2.75, 3.05) is 0 Å². The summed E-state index contributed by atoms with van der Waals surface area (Å²) in [6.45, 7) is 10.5. The molecule has 0 heterocycles. The molecule has 0 aliphatic heterocycles. The number of carbonyl (C=O) groups is 1. The fraction of sp³-hybridized carbons (Fsp3) is 0.588. The molecule has 3 nitrogen and oxygen atoms in total. The fourth-order valence-corrected chi connectivity index (χ4v) is 2.36. The minimum absolute atomic E-state index is 0. The van der Waals surface area contributed by atoms with Crippen molar-refractivity contribution in [3.8, 4) is 0 Å². The maximum atomic E-state index is 12.2. The van der Waals surface area contributed by atoms with Gasteiger partial charge in [0.2, 0.25) is 5.91 Å². The molecule has 1 amide bonds. The van der Waals surface area contributed by atoms with Crippen LogP contribution in [0.2, 0.25) is 0 Å². The highest BCUT2D eigenvalue weighted by Gasteiger charge is 2.30. The standard InChI is InChI=1S/C17H28N2O.ClH/c1-6-9-14(18)16(20)19-15(17(3,4)5)13-11-8-7-10-12(13)2;/h7-8,10-11,14-15H,6,9,18H2,1-5H3,(H,19,20);1H. The Hall–Kier alpha value is -1.06. The number of halogens is 1. The number of hydrogen-bond donors (Lipinski definition) is 2. The number of hydrogen-bond acceptors (Lipinski definition) is 2. The van der Waals surface area contributed by atoms with Gasteiger partial charge in [-0.2, -0.15) is 0 Å². The largest absolute Gasteiger partial charge is 0.347 e. The Labute approximate surface area is 135 Å². The SMILES string of the molecule is CCCC(N)C(=O)NC(c1ccccc1C)C(C)(C)C.Cl. The van der Waals surface area contributed by atoms with Gasteiger partial charge in [0, 0.05) is 0 Å².